The van der Waals surface area contributed by atoms with E-state index in [0.29, 0.717) is 12.2 Å². The Morgan fingerprint density at radius 3 is 2.68 bits per heavy atom. The van der Waals surface area contributed by atoms with Gasteiger partial charge in [-0.3, -0.25) is 14.6 Å². The van der Waals surface area contributed by atoms with Crippen LogP contribution in [-0.4, -0.2) is 42.8 Å². The van der Waals surface area contributed by atoms with Crippen LogP contribution in [0.1, 0.15) is 51.2 Å². The van der Waals surface area contributed by atoms with Crippen molar-refractivity contribution in [2.24, 2.45) is 0 Å². The first-order valence-corrected chi connectivity index (χ1v) is 8.97. The quantitative estimate of drug-likeness (QED) is 0.760. The summed E-state index contributed by atoms with van der Waals surface area (Å²) >= 11 is 1.56. The van der Waals surface area contributed by atoms with Gasteiger partial charge >= 0.3 is 0 Å². The molecule has 0 aromatic carbocycles. The average molecular weight is 358 g/mol. The molecule has 0 saturated carbocycles. The predicted octanol–water partition coefficient (Wildman–Crippen LogP) is 2.87. The number of aryl methyl sites for hydroxylation is 3. The second kappa shape index (κ2) is 6.79. The summed E-state index contributed by atoms with van der Waals surface area (Å²) in [5, 5.41) is 14.5. The van der Waals surface area contributed by atoms with Gasteiger partial charge in [-0.15, -0.1) is 11.3 Å². The van der Waals surface area contributed by atoms with Crippen LogP contribution in [0.3, 0.4) is 0 Å². The van der Waals surface area contributed by atoms with E-state index in [0.717, 1.165) is 27.8 Å². The molecule has 3 aromatic rings. The van der Waals surface area contributed by atoms with Crippen LogP contribution < -0.4 is 0 Å². The van der Waals surface area contributed by atoms with Gasteiger partial charge in [-0.2, -0.15) is 10.2 Å². The van der Waals surface area contributed by atoms with Crippen LogP contribution in [0, 0.1) is 20.8 Å². The van der Waals surface area contributed by atoms with Crippen LogP contribution in [0.2, 0.25) is 0 Å². The summed E-state index contributed by atoms with van der Waals surface area (Å²) in [6, 6.07) is 3.71. The Kier molecular flexibility index (Phi) is 4.71. The molecule has 0 spiro atoms. The molecule has 7 nitrogen and oxygen atoms in total. The minimum absolute atomic E-state index is 0.0950. The highest BCUT2D eigenvalue weighted by Gasteiger charge is 2.23. The Morgan fingerprint density at radius 2 is 2.08 bits per heavy atom. The summed E-state index contributed by atoms with van der Waals surface area (Å²) in [5.41, 5.74) is 4.27. The van der Waals surface area contributed by atoms with Crippen molar-refractivity contribution in [1.29, 1.82) is 0 Å². The zero-order chi connectivity index (χ0) is 18.1. The smallest absolute Gasteiger partial charge is 0.274 e. The number of nitrogens with zero attached hydrogens (tertiary/aromatic N) is 5. The number of amides is 1. The number of aromatic nitrogens is 5. The number of aromatic amines is 1. The Labute approximate surface area is 150 Å². The maximum Gasteiger partial charge on any atom is 0.274 e. The molecule has 0 saturated heterocycles. The lowest BCUT2D eigenvalue weighted by Gasteiger charge is -2.22. The van der Waals surface area contributed by atoms with E-state index in [2.05, 4.69) is 20.3 Å². The maximum absolute atomic E-state index is 12.7. The van der Waals surface area contributed by atoms with Gasteiger partial charge in [-0.25, -0.2) is 4.98 Å². The SMILES string of the molecule is Cc1csc([C@@H](C)N(C)C(=O)c2cc(Cn3nc(C)cc3C)[nH]n2)n1. The molecule has 0 unspecified atom stereocenters. The molecule has 1 atom stereocenters. The number of carbonyl (C=O) groups is 1. The van der Waals surface area contributed by atoms with Crippen molar-refractivity contribution in [3.8, 4) is 0 Å². The predicted molar refractivity (Wildman–Crippen MR) is 96.8 cm³/mol. The van der Waals surface area contributed by atoms with Crippen molar-refractivity contribution < 1.29 is 4.79 Å². The van der Waals surface area contributed by atoms with Crippen molar-refractivity contribution in [3.63, 3.8) is 0 Å². The van der Waals surface area contributed by atoms with Crippen LogP contribution in [0.15, 0.2) is 17.5 Å². The van der Waals surface area contributed by atoms with Crippen LogP contribution in [0.25, 0.3) is 0 Å². The normalized spacial score (nSPS) is 12.4. The lowest BCUT2D eigenvalue weighted by Crippen LogP contribution is -2.29. The molecule has 0 bridgehead atoms. The van der Waals surface area contributed by atoms with Gasteiger partial charge in [-0.1, -0.05) is 0 Å². The maximum atomic E-state index is 12.7. The molecule has 0 aliphatic heterocycles. The van der Waals surface area contributed by atoms with Crippen molar-refractivity contribution in [1.82, 2.24) is 29.9 Å². The van der Waals surface area contributed by atoms with Crippen molar-refractivity contribution >= 4 is 17.2 Å². The first-order chi connectivity index (χ1) is 11.8. The van der Waals surface area contributed by atoms with Gasteiger partial charge in [0.2, 0.25) is 0 Å². The average Bonchev–Trinajstić information content (AvgIpc) is 3.27. The second-order valence-corrected chi connectivity index (χ2v) is 7.17. The zero-order valence-electron chi connectivity index (χ0n) is 15.1. The van der Waals surface area contributed by atoms with Crippen molar-refractivity contribution in [2.75, 3.05) is 7.05 Å². The lowest BCUT2D eigenvalue weighted by atomic mass is 10.2. The molecule has 3 heterocycles. The molecular weight excluding hydrogens is 336 g/mol. The Balaban J connectivity index is 1.72. The molecule has 1 N–H and O–H groups in total. The van der Waals surface area contributed by atoms with Crippen molar-refractivity contribution in [3.05, 3.63) is 51.0 Å². The highest BCUT2D eigenvalue weighted by Crippen LogP contribution is 2.23. The van der Waals surface area contributed by atoms with Crippen LogP contribution in [0.4, 0.5) is 0 Å². The molecule has 0 aliphatic carbocycles. The van der Waals surface area contributed by atoms with Crippen LogP contribution in [0.5, 0.6) is 0 Å². The van der Waals surface area contributed by atoms with E-state index in [1.807, 2.05) is 43.8 Å². The van der Waals surface area contributed by atoms with Gasteiger partial charge in [0, 0.05) is 23.8 Å². The number of carbonyl (C=O) groups excluding carboxylic acids is 1. The van der Waals surface area contributed by atoms with Gasteiger partial charge in [0.25, 0.3) is 5.91 Å². The molecule has 25 heavy (non-hydrogen) atoms. The second-order valence-electron chi connectivity index (χ2n) is 6.28. The number of nitrogens with one attached hydrogen (secondary N) is 1. The molecule has 8 heteroatoms. The summed E-state index contributed by atoms with van der Waals surface area (Å²) in [7, 11) is 1.78. The molecule has 3 aromatic heterocycles. The molecule has 1 amide bonds. The van der Waals surface area contributed by atoms with E-state index in [9.17, 15) is 4.79 Å². The molecule has 132 valence electrons. The summed E-state index contributed by atoms with van der Waals surface area (Å²) in [6.07, 6.45) is 0. The lowest BCUT2D eigenvalue weighted by molar-refractivity contribution is 0.0736. The number of hydrogen-bond acceptors (Lipinski definition) is 5. The van der Waals surface area contributed by atoms with E-state index < -0.39 is 0 Å². The first kappa shape index (κ1) is 17.3. The number of hydrogen-bond donors (Lipinski definition) is 1. The van der Waals surface area contributed by atoms with Gasteiger partial charge < -0.3 is 4.90 Å². The van der Waals surface area contributed by atoms with Gasteiger partial charge in [-0.05, 0) is 39.8 Å². The summed E-state index contributed by atoms with van der Waals surface area (Å²) < 4.78 is 1.89. The zero-order valence-corrected chi connectivity index (χ0v) is 15.9. The van der Waals surface area contributed by atoms with Gasteiger partial charge in [0.15, 0.2) is 0 Å². The van der Waals surface area contributed by atoms with Crippen molar-refractivity contribution in [2.45, 2.75) is 40.3 Å². The molecule has 0 fully saturated rings. The third kappa shape index (κ3) is 3.63. The topological polar surface area (TPSA) is 79.7 Å². The highest BCUT2D eigenvalue weighted by molar-refractivity contribution is 7.09. The van der Waals surface area contributed by atoms with E-state index in [1.165, 1.54) is 0 Å². The molecule has 3 rings (SSSR count). The third-order valence-electron chi connectivity index (χ3n) is 4.17. The monoisotopic (exact) mass is 358 g/mol. The van der Waals surface area contributed by atoms with Crippen LogP contribution in [-0.2, 0) is 6.54 Å². The first-order valence-electron chi connectivity index (χ1n) is 8.09. The van der Waals surface area contributed by atoms with Gasteiger partial charge in [0.05, 0.1) is 24.0 Å². The largest absolute Gasteiger partial charge is 0.331 e. The fourth-order valence-electron chi connectivity index (χ4n) is 2.63. The summed E-state index contributed by atoms with van der Waals surface area (Å²) in [4.78, 5) is 18.8. The van der Waals surface area contributed by atoms with E-state index in [1.54, 1.807) is 29.4 Å². The Hall–Kier alpha value is -2.48. The van der Waals surface area contributed by atoms with E-state index >= 15 is 0 Å². The fourth-order valence-corrected chi connectivity index (χ4v) is 3.53. The number of rotatable bonds is 5. The van der Waals surface area contributed by atoms with E-state index in [-0.39, 0.29) is 11.9 Å². The standard InChI is InChI=1S/C17H22N6OS/c1-10-6-12(3)23(21-10)8-14-7-15(20-19-14)17(24)22(5)13(4)16-18-11(2)9-25-16/h6-7,9,13H,8H2,1-5H3,(H,19,20)/t13-/m1/s1. The van der Waals surface area contributed by atoms with Gasteiger partial charge in [0.1, 0.15) is 10.7 Å². The minimum Gasteiger partial charge on any atom is -0.331 e. The Morgan fingerprint density at radius 1 is 1.32 bits per heavy atom. The molecule has 0 radical (unpaired) electrons. The number of thiazole rings is 1. The third-order valence-corrected chi connectivity index (χ3v) is 5.30. The van der Waals surface area contributed by atoms with E-state index in [4.69, 9.17) is 0 Å². The number of H-pyrrole nitrogens is 1. The summed E-state index contributed by atoms with van der Waals surface area (Å²) in [6.45, 7) is 8.45. The fraction of sp³-hybridized carbons (Fsp3) is 0.412. The minimum atomic E-state index is -0.128. The molecular formula is C17H22N6OS. The molecule has 0 aliphatic rings. The van der Waals surface area contributed by atoms with Crippen LogP contribution >= 0.6 is 11.3 Å². The summed E-state index contributed by atoms with van der Waals surface area (Å²) in [5.74, 6) is -0.128. The highest BCUT2D eigenvalue weighted by atomic mass is 32.1. The Bertz CT molecular complexity index is 893.